The summed E-state index contributed by atoms with van der Waals surface area (Å²) < 4.78 is 0. The molecule has 0 saturated carbocycles. The Morgan fingerprint density at radius 3 is 2.95 bits per heavy atom. The van der Waals surface area contributed by atoms with E-state index in [1.54, 1.807) is 12.3 Å². The average Bonchev–Trinajstić information content (AvgIpc) is 2.98. The first-order chi connectivity index (χ1) is 9.81. The number of carbonyl (C=O) groups is 1. The van der Waals surface area contributed by atoms with Gasteiger partial charge in [0.25, 0.3) is 0 Å². The van der Waals surface area contributed by atoms with E-state index >= 15 is 0 Å². The van der Waals surface area contributed by atoms with Crippen molar-refractivity contribution >= 4 is 39.4 Å². The lowest BCUT2D eigenvalue weighted by Crippen LogP contribution is -2.07. The second kappa shape index (κ2) is 5.63. The van der Waals surface area contributed by atoms with Crippen LogP contribution in [0.1, 0.15) is 5.69 Å². The van der Waals surface area contributed by atoms with E-state index < -0.39 is 0 Å². The quantitative estimate of drug-likeness (QED) is 0.749. The molecule has 1 amide bonds. The summed E-state index contributed by atoms with van der Waals surface area (Å²) in [5, 5.41) is 6.16. The lowest BCUT2D eigenvalue weighted by atomic mass is 10.2. The summed E-state index contributed by atoms with van der Waals surface area (Å²) in [7, 11) is 0. The van der Waals surface area contributed by atoms with Gasteiger partial charge in [0.1, 0.15) is 0 Å². The van der Waals surface area contributed by atoms with Crippen LogP contribution in [-0.4, -0.2) is 15.9 Å². The van der Waals surface area contributed by atoms with Gasteiger partial charge in [0.15, 0.2) is 5.13 Å². The Morgan fingerprint density at radius 1 is 1.20 bits per heavy atom. The van der Waals surface area contributed by atoms with Crippen LogP contribution in [0.3, 0.4) is 0 Å². The number of aromatic nitrogens is 2. The van der Waals surface area contributed by atoms with Crippen molar-refractivity contribution in [1.82, 2.24) is 9.97 Å². The molecule has 1 aromatic carbocycles. The predicted octanol–water partition coefficient (Wildman–Crippen LogP) is 3.34. The van der Waals surface area contributed by atoms with Crippen molar-refractivity contribution in [3.63, 3.8) is 0 Å². The monoisotopic (exact) mass is 281 g/mol. The standard InChI is InChI=1S/C15H11N3OS/c19-14(18-15-16-9-10-20-15)8-7-12-6-5-11-3-1-2-4-13(11)17-12/h1-10H,(H,16,18,19)/b8-7+. The van der Waals surface area contributed by atoms with Crippen LogP contribution >= 0.6 is 11.3 Å². The molecule has 2 aromatic heterocycles. The average molecular weight is 281 g/mol. The first-order valence-corrected chi connectivity index (χ1v) is 6.93. The Bertz CT molecular complexity index is 766. The van der Waals surface area contributed by atoms with Crippen molar-refractivity contribution in [2.75, 3.05) is 5.32 Å². The first kappa shape index (κ1) is 12.5. The number of hydrogen-bond donors (Lipinski definition) is 1. The van der Waals surface area contributed by atoms with Gasteiger partial charge in [-0.05, 0) is 18.2 Å². The van der Waals surface area contributed by atoms with Crippen molar-refractivity contribution in [3.8, 4) is 0 Å². The zero-order valence-electron chi connectivity index (χ0n) is 10.5. The molecule has 0 atom stereocenters. The molecule has 0 unspecified atom stereocenters. The predicted molar refractivity (Wildman–Crippen MR) is 81.5 cm³/mol. The number of para-hydroxylation sites is 1. The van der Waals surface area contributed by atoms with Crippen LogP contribution < -0.4 is 5.32 Å². The molecular formula is C15H11N3OS. The van der Waals surface area contributed by atoms with E-state index in [1.165, 1.54) is 17.4 Å². The van der Waals surface area contributed by atoms with E-state index in [0.717, 1.165) is 16.6 Å². The van der Waals surface area contributed by atoms with E-state index in [0.29, 0.717) is 5.13 Å². The molecule has 0 aliphatic heterocycles. The van der Waals surface area contributed by atoms with Gasteiger partial charge in [-0.15, -0.1) is 11.3 Å². The highest BCUT2D eigenvalue weighted by atomic mass is 32.1. The van der Waals surface area contributed by atoms with Gasteiger partial charge >= 0.3 is 0 Å². The minimum Gasteiger partial charge on any atom is -0.298 e. The summed E-state index contributed by atoms with van der Waals surface area (Å²) in [6.45, 7) is 0. The minimum atomic E-state index is -0.213. The Kier molecular flexibility index (Phi) is 3.52. The van der Waals surface area contributed by atoms with Crippen molar-refractivity contribution in [2.45, 2.75) is 0 Å². The fourth-order valence-electron chi connectivity index (χ4n) is 1.77. The maximum atomic E-state index is 11.7. The van der Waals surface area contributed by atoms with Crippen molar-refractivity contribution in [2.24, 2.45) is 0 Å². The second-order valence-corrected chi connectivity index (χ2v) is 4.98. The van der Waals surface area contributed by atoms with Crippen LogP contribution in [0.15, 0.2) is 54.1 Å². The summed E-state index contributed by atoms with van der Waals surface area (Å²) in [6.07, 6.45) is 4.79. The number of nitrogens with one attached hydrogen (secondary N) is 1. The highest BCUT2D eigenvalue weighted by Crippen LogP contribution is 2.13. The molecule has 4 nitrogen and oxygen atoms in total. The number of carbonyl (C=O) groups excluding carboxylic acids is 1. The van der Waals surface area contributed by atoms with Crippen LogP contribution in [0, 0.1) is 0 Å². The van der Waals surface area contributed by atoms with Crippen molar-refractivity contribution in [3.05, 3.63) is 59.7 Å². The number of rotatable bonds is 3. The lowest BCUT2D eigenvalue weighted by Gasteiger charge is -1.98. The number of hydrogen-bond acceptors (Lipinski definition) is 4. The van der Waals surface area contributed by atoms with E-state index in [9.17, 15) is 4.79 Å². The summed E-state index contributed by atoms with van der Waals surface area (Å²) in [4.78, 5) is 20.1. The molecule has 20 heavy (non-hydrogen) atoms. The Morgan fingerprint density at radius 2 is 2.10 bits per heavy atom. The van der Waals surface area contributed by atoms with Gasteiger partial charge in [0.05, 0.1) is 11.2 Å². The largest absolute Gasteiger partial charge is 0.298 e. The van der Waals surface area contributed by atoms with Gasteiger partial charge in [-0.2, -0.15) is 0 Å². The molecule has 98 valence electrons. The van der Waals surface area contributed by atoms with Gasteiger partial charge in [0.2, 0.25) is 5.91 Å². The summed E-state index contributed by atoms with van der Waals surface area (Å²) in [5.74, 6) is -0.213. The molecule has 2 heterocycles. The number of pyridine rings is 1. The highest BCUT2D eigenvalue weighted by Gasteiger charge is 2.00. The summed E-state index contributed by atoms with van der Waals surface area (Å²) >= 11 is 1.38. The van der Waals surface area contributed by atoms with E-state index in [1.807, 2.05) is 41.8 Å². The third-order valence-electron chi connectivity index (χ3n) is 2.69. The van der Waals surface area contributed by atoms with Gasteiger partial charge < -0.3 is 0 Å². The second-order valence-electron chi connectivity index (χ2n) is 4.09. The Hall–Kier alpha value is -2.53. The summed E-state index contributed by atoms with van der Waals surface area (Å²) in [5.41, 5.74) is 1.66. The normalized spacial score (nSPS) is 11.0. The maximum Gasteiger partial charge on any atom is 0.250 e. The van der Waals surface area contributed by atoms with Gasteiger partial charge in [-0.25, -0.2) is 9.97 Å². The van der Waals surface area contributed by atoms with E-state index in [-0.39, 0.29) is 5.91 Å². The molecule has 0 fully saturated rings. The Labute approximate surface area is 119 Å². The van der Waals surface area contributed by atoms with Crippen molar-refractivity contribution < 1.29 is 4.79 Å². The van der Waals surface area contributed by atoms with Crippen LogP contribution in [0.5, 0.6) is 0 Å². The van der Waals surface area contributed by atoms with Gasteiger partial charge in [-0.1, -0.05) is 24.3 Å². The highest BCUT2D eigenvalue weighted by molar-refractivity contribution is 7.13. The number of anilines is 1. The number of fused-ring (bicyclic) bond motifs is 1. The van der Waals surface area contributed by atoms with E-state index in [2.05, 4.69) is 15.3 Å². The Balaban J connectivity index is 1.75. The van der Waals surface area contributed by atoms with E-state index in [4.69, 9.17) is 0 Å². The van der Waals surface area contributed by atoms with Crippen LogP contribution in [-0.2, 0) is 4.79 Å². The zero-order valence-corrected chi connectivity index (χ0v) is 11.3. The van der Waals surface area contributed by atoms with Crippen LogP contribution in [0.2, 0.25) is 0 Å². The molecule has 0 saturated heterocycles. The summed E-state index contributed by atoms with van der Waals surface area (Å²) in [6, 6.07) is 11.7. The minimum absolute atomic E-state index is 0.213. The smallest absolute Gasteiger partial charge is 0.250 e. The maximum absolute atomic E-state index is 11.7. The molecular weight excluding hydrogens is 270 g/mol. The SMILES string of the molecule is O=C(/C=C/c1ccc2ccccc2n1)Nc1nccs1. The molecule has 0 bridgehead atoms. The first-order valence-electron chi connectivity index (χ1n) is 6.06. The molecule has 1 N–H and O–H groups in total. The fraction of sp³-hybridized carbons (Fsp3) is 0. The van der Waals surface area contributed by atoms with Crippen LogP contribution in [0.4, 0.5) is 5.13 Å². The third kappa shape index (κ3) is 2.89. The molecule has 0 aliphatic carbocycles. The number of amides is 1. The fourth-order valence-corrected chi connectivity index (χ4v) is 2.30. The zero-order chi connectivity index (χ0) is 13.8. The number of nitrogens with zero attached hydrogens (tertiary/aromatic N) is 2. The molecule has 0 aliphatic rings. The van der Waals surface area contributed by atoms with Gasteiger partial charge in [-0.3, -0.25) is 10.1 Å². The lowest BCUT2D eigenvalue weighted by molar-refractivity contribution is -0.111. The molecule has 3 aromatic rings. The van der Waals surface area contributed by atoms with Crippen LogP contribution in [0.25, 0.3) is 17.0 Å². The number of benzene rings is 1. The molecule has 0 spiro atoms. The molecule has 0 radical (unpaired) electrons. The van der Waals surface area contributed by atoms with Gasteiger partial charge in [0, 0.05) is 23.0 Å². The topological polar surface area (TPSA) is 54.9 Å². The number of thiazole rings is 1. The third-order valence-corrected chi connectivity index (χ3v) is 3.38. The molecule has 5 heteroatoms. The van der Waals surface area contributed by atoms with Crippen molar-refractivity contribution in [1.29, 1.82) is 0 Å². The molecule has 3 rings (SSSR count).